The summed E-state index contributed by atoms with van der Waals surface area (Å²) in [5.74, 6) is -0.323. The SMILES string of the molecule is COc1ccc(CC(=O)CC2OCCO2)cc1F. The smallest absolute Gasteiger partial charge is 0.165 e. The molecule has 0 aliphatic carbocycles. The maximum atomic E-state index is 13.4. The highest BCUT2D eigenvalue weighted by Gasteiger charge is 2.19. The van der Waals surface area contributed by atoms with E-state index in [2.05, 4.69) is 0 Å². The van der Waals surface area contributed by atoms with Gasteiger partial charge in [-0.15, -0.1) is 0 Å². The fourth-order valence-electron chi connectivity index (χ4n) is 1.83. The Balaban J connectivity index is 1.92. The third-order valence-corrected chi connectivity index (χ3v) is 2.70. The Bertz CT molecular complexity index is 427. The van der Waals surface area contributed by atoms with Crippen LogP contribution in [0, 0.1) is 5.82 Å². The molecule has 1 aromatic rings. The quantitative estimate of drug-likeness (QED) is 0.802. The minimum absolute atomic E-state index is 0.0357. The van der Waals surface area contributed by atoms with Crippen LogP contribution < -0.4 is 4.74 Å². The average molecular weight is 254 g/mol. The molecule has 1 aliphatic rings. The van der Waals surface area contributed by atoms with Crippen LogP contribution in [0.2, 0.25) is 0 Å². The minimum Gasteiger partial charge on any atom is -0.494 e. The lowest BCUT2D eigenvalue weighted by Gasteiger charge is -2.08. The minimum atomic E-state index is -0.462. The van der Waals surface area contributed by atoms with Crippen molar-refractivity contribution < 1.29 is 23.4 Å². The summed E-state index contributed by atoms with van der Waals surface area (Å²) in [6, 6.07) is 4.50. The fourth-order valence-corrected chi connectivity index (χ4v) is 1.83. The molecule has 0 unspecified atom stereocenters. The highest BCUT2D eigenvalue weighted by Crippen LogP contribution is 2.19. The molecule has 1 aromatic carbocycles. The fraction of sp³-hybridized carbons (Fsp3) is 0.462. The Kier molecular flexibility index (Phi) is 4.28. The molecule has 0 atom stereocenters. The molecular formula is C13H15FO4. The van der Waals surface area contributed by atoms with Crippen molar-refractivity contribution in [3.8, 4) is 5.75 Å². The molecule has 0 saturated carbocycles. The second-order valence-corrected chi connectivity index (χ2v) is 4.06. The summed E-state index contributed by atoms with van der Waals surface area (Å²) >= 11 is 0. The molecule has 0 spiro atoms. The van der Waals surface area contributed by atoms with Gasteiger partial charge in [0, 0.05) is 6.42 Å². The molecule has 18 heavy (non-hydrogen) atoms. The van der Waals surface area contributed by atoms with E-state index < -0.39 is 12.1 Å². The van der Waals surface area contributed by atoms with E-state index in [-0.39, 0.29) is 24.4 Å². The monoisotopic (exact) mass is 254 g/mol. The van der Waals surface area contributed by atoms with Gasteiger partial charge in [-0.2, -0.15) is 0 Å². The summed E-state index contributed by atoms with van der Waals surface area (Å²) in [7, 11) is 1.40. The Hall–Kier alpha value is -1.46. The van der Waals surface area contributed by atoms with Crippen molar-refractivity contribution in [1.29, 1.82) is 0 Å². The van der Waals surface area contributed by atoms with Gasteiger partial charge < -0.3 is 14.2 Å². The molecule has 1 saturated heterocycles. The van der Waals surface area contributed by atoms with E-state index in [1.807, 2.05) is 0 Å². The Morgan fingerprint density at radius 3 is 2.78 bits per heavy atom. The lowest BCUT2D eigenvalue weighted by molar-refractivity contribution is -0.126. The normalized spacial score (nSPS) is 15.9. The Morgan fingerprint density at radius 2 is 2.17 bits per heavy atom. The van der Waals surface area contributed by atoms with E-state index in [4.69, 9.17) is 14.2 Å². The topological polar surface area (TPSA) is 44.8 Å². The number of carbonyl (C=O) groups is 1. The molecule has 4 nitrogen and oxygen atoms in total. The van der Waals surface area contributed by atoms with E-state index in [0.717, 1.165) is 0 Å². The molecular weight excluding hydrogens is 239 g/mol. The van der Waals surface area contributed by atoms with Crippen LogP contribution in [-0.4, -0.2) is 32.4 Å². The van der Waals surface area contributed by atoms with E-state index in [1.54, 1.807) is 6.07 Å². The highest BCUT2D eigenvalue weighted by atomic mass is 19.1. The predicted octanol–water partition coefficient (Wildman–Crippen LogP) is 1.71. The van der Waals surface area contributed by atoms with Crippen molar-refractivity contribution in [2.24, 2.45) is 0 Å². The molecule has 1 fully saturated rings. The van der Waals surface area contributed by atoms with Gasteiger partial charge in [-0.05, 0) is 17.7 Å². The second-order valence-electron chi connectivity index (χ2n) is 4.06. The first-order valence-electron chi connectivity index (χ1n) is 5.76. The number of ketones is 1. The van der Waals surface area contributed by atoms with Crippen molar-refractivity contribution in [2.75, 3.05) is 20.3 Å². The van der Waals surface area contributed by atoms with Crippen LogP contribution in [-0.2, 0) is 20.7 Å². The average Bonchev–Trinajstić information content (AvgIpc) is 2.82. The lowest BCUT2D eigenvalue weighted by atomic mass is 10.1. The van der Waals surface area contributed by atoms with Crippen LogP contribution in [0.1, 0.15) is 12.0 Å². The van der Waals surface area contributed by atoms with Gasteiger partial charge in [0.25, 0.3) is 0 Å². The van der Waals surface area contributed by atoms with Gasteiger partial charge in [-0.3, -0.25) is 4.79 Å². The molecule has 1 aliphatic heterocycles. The highest BCUT2D eigenvalue weighted by molar-refractivity contribution is 5.81. The number of carbonyl (C=O) groups excluding carboxylic acids is 1. The first-order chi connectivity index (χ1) is 8.69. The molecule has 98 valence electrons. The molecule has 0 amide bonds. The maximum absolute atomic E-state index is 13.4. The van der Waals surface area contributed by atoms with Gasteiger partial charge >= 0.3 is 0 Å². The van der Waals surface area contributed by atoms with Crippen molar-refractivity contribution in [3.63, 3.8) is 0 Å². The summed E-state index contributed by atoms with van der Waals surface area (Å²) in [5, 5.41) is 0. The van der Waals surface area contributed by atoms with Crippen LogP contribution in [0.5, 0.6) is 5.75 Å². The van der Waals surface area contributed by atoms with Gasteiger partial charge in [-0.25, -0.2) is 4.39 Å². The summed E-state index contributed by atoms with van der Waals surface area (Å²) in [5.41, 5.74) is 0.622. The van der Waals surface area contributed by atoms with Gasteiger partial charge in [0.1, 0.15) is 5.78 Å². The molecule has 0 radical (unpaired) electrons. The number of methoxy groups -OCH3 is 1. The van der Waals surface area contributed by atoms with Crippen LogP contribution in [0.25, 0.3) is 0 Å². The number of benzene rings is 1. The lowest BCUT2D eigenvalue weighted by Crippen LogP contribution is -2.15. The summed E-state index contributed by atoms with van der Waals surface area (Å²) in [4.78, 5) is 11.7. The molecule has 0 bridgehead atoms. The van der Waals surface area contributed by atoms with Crippen molar-refractivity contribution >= 4 is 5.78 Å². The van der Waals surface area contributed by atoms with Gasteiger partial charge in [0.15, 0.2) is 17.9 Å². The van der Waals surface area contributed by atoms with E-state index >= 15 is 0 Å². The Labute approximate surface area is 105 Å². The van der Waals surface area contributed by atoms with Gasteiger partial charge in [-0.1, -0.05) is 6.07 Å². The summed E-state index contributed by atoms with van der Waals surface area (Å²) < 4.78 is 28.6. The number of hydrogen-bond donors (Lipinski definition) is 0. The zero-order valence-corrected chi connectivity index (χ0v) is 10.1. The van der Waals surface area contributed by atoms with E-state index in [9.17, 15) is 9.18 Å². The largest absolute Gasteiger partial charge is 0.494 e. The summed E-state index contributed by atoms with van der Waals surface area (Å²) in [6.45, 7) is 1.05. The second kappa shape index (κ2) is 5.93. The zero-order valence-electron chi connectivity index (χ0n) is 10.1. The number of halogens is 1. The van der Waals surface area contributed by atoms with Crippen LogP contribution >= 0.6 is 0 Å². The number of rotatable bonds is 5. The number of ether oxygens (including phenoxy) is 3. The van der Waals surface area contributed by atoms with Gasteiger partial charge in [0.05, 0.1) is 26.7 Å². The van der Waals surface area contributed by atoms with Crippen LogP contribution in [0.4, 0.5) is 4.39 Å². The maximum Gasteiger partial charge on any atom is 0.165 e. The molecule has 0 N–H and O–H groups in total. The summed E-state index contributed by atoms with van der Waals surface area (Å²) in [6.07, 6.45) is -0.0711. The van der Waals surface area contributed by atoms with Crippen LogP contribution in [0.15, 0.2) is 18.2 Å². The van der Waals surface area contributed by atoms with E-state index in [0.29, 0.717) is 18.8 Å². The standard InChI is InChI=1S/C13H15FO4/c1-16-12-3-2-9(7-11(12)14)6-10(15)8-13-17-4-5-18-13/h2-3,7,13H,4-6,8H2,1H3. The number of hydrogen-bond acceptors (Lipinski definition) is 4. The predicted molar refractivity (Wildman–Crippen MR) is 62.0 cm³/mol. The van der Waals surface area contributed by atoms with Crippen LogP contribution in [0.3, 0.4) is 0 Å². The first-order valence-corrected chi connectivity index (χ1v) is 5.76. The van der Waals surface area contributed by atoms with Gasteiger partial charge in [0.2, 0.25) is 0 Å². The first kappa shape index (κ1) is 13.0. The zero-order chi connectivity index (χ0) is 13.0. The molecule has 2 rings (SSSR count). The third kappa shape index (κ3) is 3.27. The van der Waals surface area contributed by atoms with Crippen molar-refractivity contribution in [1.82, 2.24) is 0 Å². The number of Topliss-reactive ketones (excluding diaryl/α,β-unsaturated/α-hetero) is 1. The molecule has 0 aromatic heterocycles. The molecule has 1 heterocycles. The Morgan fingerprint density at radius 1 is 1.44 bits per heavy atom. The third-order valence-electron chi connectivity index (χ3n) is 2.70. The van der Waals surface area contributed by atoms with E-state index in [1.165, 1.54) is 19.2 Å². The van der Waals surface area contributed by atoms with Crippen molar-refractivity contribution in [3.05, 3.63) is 29.6 Å². The molecule has 5 heteroatoms. The van der Waals surface area contributed by atoms with Crippen molar-refractivity contribution in [2.45, 2.75) is 19.1 Å².